The number of carbonyl (C=O) groups is 3. The van der Waals surface area contributed by atoms with Crippen LogP contribution in [0, 0.1) is 11.6 Å². The number of carboxylic acid groups (broad SMARTS) is 1. The molecule has 1 aromatic carbocycles. The Morgan fingerprint density at radius 2 is 1.65 bits per heavy atom. The number of carboxylic acids is 1. The van der Waals surface area contributed by atoms with Crippen molar-refractivity contribution in [3.63, 3.8) is 0 Å². The normalized spacial score (nSPS) is 10.0. The third-order valence-electron chi connectivity index (χ3n) is 2.43. The van der Waals surface area contributed by atoms with E-state index in [1.165, 1.54) is 19.0 Å². The Bertz CT molecular complexity index is 573. The van der Waals surface area contributed by atoms with Gasteiger partial charge in [0.15, 0.2) is 11.6 Å². The number of hydrogen-bond acceptors (Lipinski definition) is 3. The Hall–Kier alpha value is -2.51. The maximum atomic E-state index is 13.1. The van der Waals surface area contributed by atoms with Gasteiger partial charge in [-0.05, 0) is 12.1 Å². The second kappa shape index (κ2) is 6.09. The maximum Gasteiger partial charge on any atom is 0.336 e. The molecule has 0 bridgehead atoms. The van der Waals surface area contributed by atoms with E-state index in [9.17, 15) is 23.2 Å². The second-order valence-corrected chi connectivity index (χ2v) is 4.09. The molecule has 2 N–H and O–H groups in total. The number of nitrogens with one attached hydrogen (secondary N) is 1. The van der Waals surface area contributed by atoms with E-state index in [0.29, 0.717) is 12.1 Å². The van der Waals surface area contributed by atoms with Crippen LogP contribution in [0.25, 0.3) is 0 Å². The lowest BCUT2D eigenvalue weighted by atomic mass is 10.1. The molecule has 1 aromatic rings. The van der Waals surface area contributed by atoms with E-state index >= 15 is 0 Å². The molecule has 0 heterocycles. The highest BCUT2D eigenvalue weighted by Gasteiger charge is 2.21. The molecule has 0 aliphatic heterocycles. The fraction of sp³-hybridized carbons (Fsp3) is 0.250. The van der Waals surface area contributed by atoms with E-state index in [1.807, 2.05) is 0 Å². The van der Waals surface area contributed by atoms with E-state index < -0.39 is 40.5 Å². The van der Waals surface area contributed by atoms with Gasteiger partial charge in [0.2, 0.25) is 5.91 Å². The highest BCUT2D eigenvalue weighted by Crippen LogP contribution is 2.15. The molecule has 0 saturated heterocycles. The lowest BCUT2D eigenvalue weighted by molar-refractivity contribution is -0.127. The van der Waals surface area contributed by atoms with Crippen molar-refractivity contribution in [2.24, 2.45) is 0 Å². The molecule has 2 amide bonds. The summed E-state index contributed by atoms with van der Waals surface area (Å²) < 4.78 is 26.1. The van der Waals surface area contributed by atoms with Crippen molar-refractivity contribution in [3.05, 3.63) is 34.9 Å². The first-order valence-corrected chi connectivity index (χ1v) is 5.44. The first-order chi connectivity index (χ1) is 9.23. The van der Waals surface area contributed by atoms with Crippen LogP contribution in [-0.2, 0) is 4.79 Å². The van der Waals surface area contributed by atoms with Crippen molar-refractivity contribution in [2.75, 3.05) is 20.6 Å². The molecule has 108 valence electrons. The summed E-state index contributed by atoms with van der Waals surface area (Å²) in [5.74, 6) is -5.70. The predicted molar refractivity (Wildman–Crippen MR) is 64.3 cm³/mol. The van der Waals surface area contributed by atoms with Crippen LogP contribution in [0.15, 0.2) is 12.1 Å². The Morgan fingerprint density at radius 1 is 1.15 bits per heavy atom. The molecule has 0 aliphatic carbocycles. The Balaban J connectivity index is 3.00. The summed E-state index contributed by atoms with van der Waals surface area (Å²) >= 11 is 0. The Morgan fingerprint density at radius 3 is 2.10 bits per heavy atom. The van der Waals surface area contributed by atoms with Crippen LogP contribution >= 0.6 is 0 Å². The first-order valence-electron chi connectivity index (χ1n) is 5.44. The Kier molecular flexibility index (Phi) is 4.73. The molecule has 20 heavy (non-hydrogen) atoms. The number of halogens is 2. The minimum atomic E-state index is -1.58. The van der Waals surface area contributed by atoms with Crippen molar-refractivity contribution in [2.45, 2.75) is 0 Å². The van der Waals surface area contributed by atoms with Crippen molar-refractivity contribution in [3.8, 4) is 0 Å². The SMILES string of the molecule is CN(C)C(=O)CNC(=O)c1cc(F)c(F)cc1C(=O)O. The number of likely N-dealkylation sites (N-methyl/N-ethyl adjacent to an activating group) is 1. The van der Waals surface area contributed by atoms with E-state index in [2.05, 4.69) is 5.32 Å². The van der Waals surface area contributed by atoms with Gasteiger partial charge in [-0.2, -0.15) is 0 Å². The van der Waals surface area contributed by atoms with E-state index in [-0.39, 0.29) is 6.54 Å². The van der Waals surface area contributed by atoms with Gasteiger partial charge in [0.25, 0.3) is 5.91 Å². The quantitative estimate of drug-likeness (QED) is 0.843. The van der Waals surface area contributed by atoms with Crippen molar-refractivity contribution < 1.29 is 28.3 Å². The van der Waals surface area contributed by atoms with Crippen molar-refractivity contribution >= 4 is 17.8 Å². The van der Waals surface area contributed by atoms with Crippen LogP contribution in [0.5, 0.6) is 0 Å². The van der Waals surface area contributed by atoms with Crippen LogP contribution in [0.3, 0.4) is 0 Å². The standard InChI is InChI=1S/C12H12F2N2O4/c1-16(2)10(17)5-15-11(18)6-3-8(13)9(14)4-7(6)12(19)20/h3-4H,5H2,1-2H3,(H,15,18)(H,19,20). The van der Waals surface area contributed by atoms with Gasteiger partial charge in [0, 0.05) is 14.1 Å². The molecule has 0 saturated carbocycles. The smallest absolute Gasteiger partial charge is 0.336 e. The lowest BCUT2D eigenvalue weighted by Crippen LogP contribution is -2.36. The minimum absolute atomic E-state index is 0.385. The Labute approximate surface area is 113 Å². The fourth-order valence-electron chi connectivity index (χ4n) is 1.32. The second-order valence-electron chi connectivity index (χ2n) is 4.09. The van der Waals surface area contributed by atoms with Crippen LogP contribution < -0.4 is 5.32 Å². The lowest BCUT2D eigenvalue weighted by Gasteiger charge is -2.12. The molecule has 0 aliphatic rings. The molecule has 0 fully saturated rings. The summed E-state index contributed by atoms with van der Waals surface area (Å²) in [6.07, 6.45) is 0. The average Bonchev–Trinajstić information content (AvgIpc) is 2.37. The number of aromatic carboxylic acids is 1. The molecule has 8 heteroatoms. The van der Waals surface area contributed by atoms with Crippen molar-refractivity contribution in [1.29, 1.82) is 0 Å². The van der Waals surface area contributed by atoms with Gasteiger partial charge in [-0.1, -0.05) is 0 Å². The monoisotopic (exact) mass is 286 g/mol. The van der Waals surface area contributed by atoms with Crippen LogP contribution in [0.2, 0.25) is 0 Å². The van der Waals surface area contributed by atoms with Gasteiger partial charge in [0.05, 0.1) is 17.7 Å². The number of benzene rings is 1. The molecule has 1 rings (SSSR count). The van der Waals surface area contributed by atoms with Crippen molar-refractivity contribution in [1.82, 2.24) is 10.2 Å². The summed E-state index contributed by atoms with van der Waals surface area (Å²) in [5.41, 5.74) is -1.23. The summed E-state index contributed by atoms with van der Waals surface area (Å²) in [4.78, 5) is 35.1. The number of rotatable bonds is 4. The van der Waals surface area contributed by atoms with Gasteiger partial charge in [-0.15, -0.1) is 0 Å². The van der Waals surface area contributed by atoms with E-state index in [0.717, 1.165) is 0 Å². The van der Waals surface area contributed by atoms with Gasteiger partial charge in [-0.25, -0.2) is 13.6 Å². The topological polar surface area (TPSA) is 86.7 Å². The zero-order valence-electron chi connectivity index (χ0n) is 10.7. The highest BCUT2D eigenvalue weighted by atomic mass is 19.2. The average molecular weight is 286 g/mol. The molecule has 0 aromatic heterocycles. The summed E-state index contributed by atoms with van der Waals surface area (Å²) in [6.45, 7) is -0.385. The fourth-order valence-corrected chi connectivity index (χ4v) is 1.32. The van der Waals surface area contributed by atoms with E-state index in [4.69, 9.17) is 5.11 Å². The maximum absolute atomic E-state index is 13.1. The third-order valence-corrected chi connectivity index (χ3v) is 2.43. The highest BCUT2D eigenvalue weighted by molar-refractivity contribution is 6.05. The molecular formula is C12H12F2N2O4. The van der Waals surface area contributed by atoms with Gasteiger partial charge in [-0.3, -0.25) is 9.59 Å². The van der Waals surface area contributed by atoms with Gasteiger partial charge < -0.3 is 15.3 Å². The van der Waals surface area contributed by atoms with Crippen LogP contribution in [-0.4, -0.2) is 48.4 Å². The molecular weight excluding hydrogens is 274 g/mol. The summed E-state index contributed by atoms with van der Waals surface area (Å²) in [5, 5.41) is 11.0. The molecule has 0 radical (unpaired) electrons. The predicted octanol–water partition coefficient (Wildman–Crippen LogP) is 0.481. The third kappa shape index (κ3) is 3.50. The zero-order chi connectivity index (χ0) is 15.4. The summed E-state index contributed by atoms with van der Waals surface area (Å²) in [7, 11) is 2.93. The number of carbonyl (C=O) groups excluding carboxylic acids is 2. The van der Waals surface area contributed by atoms with Crippen LogP contribution in [0.4, 0.5) is 8.78 Å². The zero-order valence-corrected chi connectivity index (χ0v) is 10.7. The first kappa shape index (κ1) is 15.5. The number of hydrogen-bond donors (Lipinski definition) is 2. The molecule has 0 atom stereocenters. The number of amides is 2. The summed E-state index contributed by atoms with van der Waals surface area (Å²) in [6, 6.07) is 0.897. The molecule has 0 spiro atoms. The largest absolute Gasteiger partial charge is 0.478 e. The molecule has 6 nitrogen and oxygen atoms in total. The molecule has 0 unspecified atom stereocenters. The minimum Gasteiger partial charge on any atom is -0.478 e. The number of nitrogens with zero attached hydrogens (tertiary/aromatic N) is 1. The van der Waals surface area contributed by atoms with Gasteiger partial charge in [0.1, 0.15) is 0 Å². The van der Waals surface area contributed by atoms with Crippen LogP contribution in [0.1, 0.15) is 20.7 Å². The van der Waals surface area contributed by atoms with E-state index in [1.54, 1.807) is 0 Å². The van der Waals surface area contributed by atoms with Gasteiger partial charge >= 0.3 is 5.97 Å².